The fraction of sp³-hybridized carbons (Fsp3) is 0.500. The molecule has 0 aliphatic heterocycles. The molecule has 2 aromatic heterocycles. The summed E-state index contributed by atoms with van der Waals surface area (Å²) >= 11 is 6.15. The van der Waals surface area contributed by atoms with E-state index in [0.717, 1.165) is 16.9 Å². The first kappa shape index (κ1) is 13.5. The number of rotatable bonds is 5. The molecule has 0 N–H and O–H groups in total. The molecule has 0 aliphatic rings. The van der Waals surface area contributed by atoms with Gasteiger partial charge in [0.05, 0.1) is 17.1 Å². The Kier molecular flexibility index (Phi) is 4.35. The van der Waals surface area contributed by atoms with Crippen molar-refractivity contribution in [2.45, 2.75) is 25.8 Å². The van der Waals surface area contributed by atoms with Crippen LogP contribution in [0.3, 0.4) is 0 Å². The van der Waals surface area contributed by atoms with E-state index in [1.54, 1.807) is 12.4 Å². The van der Waals surface area contributed by atoms with Gasteiger partial charge in [-0.3, -0.25) is 9.19 Å². The molecule has 18 heavy (non-hydrogen) atoms. The van der Waals surface area contributed by atoms with E-state index in [1.165, 1.54) is 0 Å². The molecule has 0 aliphatic carbocycles. The second-order valence-corrected chi connectivity index (χ2v) is 6.55. The van der Waals surface area contributed by atoms with Crippen LogP contribution in [0.1, 0.15) is 25.0 Å². The number of aromatic nitrogens is 3. The van der Waals surface area contributed by atoms with E-state index in [2.05, 4.69) is 9.97 Å². The van der Waals surface area contributed by atoms with Gasteiger partial charge in [-0.15, -0.1) is 11.6 Å². The van der Waals surface area contributed by atoms with Crippen LogP contribution in [-0.4, -0.2) is 30.2 Å². The molecule has 0 saturated heterocycles. The Bertz CT molecular complexity index is 567. The summed E-state index contributed by atoms with van der Waals surface area (Å²) in [4.78, 5) is 8.54. The second-order valence-electron chi connectivity index (χ2n) is 4.03. The van der Waals surface area contributed by atoms with Gasteiger partial charge in [-0.05, 0) is 13.0 Å². The van der Waals surface area contributed by atoms with E-state index in [4.69, 9.17) is 11.6 Å². The molecule has 0 radical (unpaired) electrons. The van der Waals surface area contributed by atoms with Gasteiger partial charge in [-0.25, -0.2) is 4.98 Å². The first-order valence-corrected chi connectivity index (χ1v) is 7.85. The van der Waals surface area contributed by atoms with Crippen LogP contribution in [0.15, 0.2) is 18.5 Å². The zero-order valence-electron chi connectivity index (χ0n) is 10.5. The Balaban J connectivity index is 2.39. The molecule has 2 rings (SSSR count). The number of aryl methyl sites for hydroxylation is 1. The molecule has 0 spiro atoms. The van der Waals surface area contributed by atoms with Crippen molar-refractivity contribution in [2.75, 3.05) is 11.5 Å². The summed E-state index contributed by atoms with van der Waals surface area (Å²) in [5, 5.41) is -0.174. The highest BCUT2D eigenvalue weighted by atomic mass is 35.5. The third kappa shape index (κ3) is 2.72. The van der Waals surface area contributed by atoms with Crippen molar-refractivity contribution in [1.29, 1.82) is 0 Å². The van der Waals surface area contributed by atoms with Crippen molar-refractivity contribution < 1.29 is 4.21 Å². The third-order valence-electron chi connectivity index (χ3n) is 2.80. The molecular formula is C12H16ClN3OS. The van der Waals surface area contributed by atoms with Crippen LogP contribution < -0.4 is 0 Å². The van der Waals surface area contributed by atoms with Crippen molar-refractivity contribution >= 4 is 33.4 Å². The van der Waals surface area contributed by atoms with Gasteiger partial charge in [0.1, 0.15) is 11.3 Å². The molecule has 0 aromatic carbocycles. The van der Waals surface area contributed by atoms with E-state index in [0.29, 0.717) is 18.1 Å². The van der Waals surface area contributed by atoms with Gasteiger partial charge in [0.2, 0.25) is 0 Å². The molecule has 0 amide bonds. The summed E-state index contributed by atoms with van der Waals surface area (Å²) < 4.78 is 13.6. The SMILES string of the molecule is CCS(=O)CCn1c(C(C)Cl)nc2cnccc21. The molecule has 6 heteroatoms. The van der Waals surface area contributed by atoms with E-state index in [-0.39, 0.29) is 5.38 Å². The zero-order chi connectivity index (χ0) is 13.1. The minimum absolute atomic E-state index is 0.174. The molecule has 0 fully saturated rings. The number of fused-ring (bicyclic) bond motifs is 1. The summed E-state index contributed by atoms with van der Waals surface area (Å²) in [5.41, 5.74) is 1.84. The first-order chi connectivity index (χ1) is 8.63. The highest BCUT2D eigenvalue weighted by Gasteiger charge is 2.15. The van der Waals surface area contributed by atoms with Gasteiger partial charge < -0.3 is 4.57 Å². The van der Waals surface area contributed by atoms with Gasteiger partial charge in [0, 0.05) is 35.0 Å². The van der Waals surface area contributed by atoms with Crippen molar-refractivity contribution in [3.05, 3.63) is 24.3 Å². The molecule has 0 saturated carbocycles. The van der Waals surface area contributed by atoms with Crippen LogP contribution in [0.25, 0.3) is 11.0 Å². The fourth-order valence-electron chi connectivity index (χ4n) is 1.88. The van der Waals surface area contributed by atoms with Crippen LogP contribution in [0, 0.1) is 0 Å². The Hall–Kier alpha value is -0.940. The summed E-state index contributed by atoms with van der Waals surface area (Å²) in [6.45, 7) is 4.49. The van der Waals surface area contributed by atoms with Gasteiger partial charge >= 0.3 is 0 Å². The topological polar surface area (TPSA) is 47.8 Å². The number of alkyl halides is 1. The zero-order valence-corrected chi connectivity index (χ0v) is 12.0. The van der Waals surface area contributed by atoms with Crippen molar-refractivity contribution in [3.63, 3.8) is 0 Å². The second kappa shape index (κ2) is 5.80. The van der Waals surface area contributed by atoms with Crippen molar-refractivity contribution in [1.82, 2.24) is 14.5 Å². The average Bonchev–Trinajstić information content (AvgIpc) is 2.75. The van der Waals surface area contributed by atoms with Crippen LogP contribution in [0.4, 0.5) is 0 Å². The van der Waals surface area contributed by atoms with Gasteiger partial charge in [-0.2, -0.15) is 0 Å². The Morgan fingerprint density at radius 3 is 3.00 bits per heavy atom. The summed E-state index contributed by atoms with van der Waals surface area (Å²) in [5.74, 6) is 2.12. The van der Waals surface area contributed by atoms with Gasteiger partial charge in [0.25, 0.3) is 0 Å². The molecule has 4 nitrogen and oxygen atoms in total. The van der Waals surface area contributed by atoms with Crippen LogP contribution in [0.5, 0.6) is 0 Å². The number of hydrogen-bond donors (Lipinski definition) is 0. The first-order valence-electron chi connectivity index (χ1n) is 5.92. The number of imidazole rings is 1. The van der Waals surface area contributed by atoms with Crippen molar-refractivity contribution in [2.24, 2.45) is 0 Å². The van der Waals surface area contributed by atoms with Gasteiger partial charge in [0.15, 0.2) is 0 Å². The maximum Gasteiger partial charge on any atom is 0.127 e. The molecule has 2 aromatic rings. The molecule has 2 heterocycles. The summed E-state index contributed by atoms with van der Waals surface area (Å²) in [6.07, 6.45) is 3.46. The lowest BCUT2D eigenvalue weighted by molar-refractivity contribution is 0.669. The maximum atomic E-state index is 11.6. The standard InChI is InChI=1S/C12H16ClN3OS/c1-3-18(17)7-6-16-11-4-5-14-8-10(11)15-12(16)9(2)13/h4-5,8-9H,3,6-7H2,1-2H3. The monoisotopic (exact) mass is 285 g/mol. The Morgan fingerprint density at radius 2 is 2.33 bits per heavy atom. The highest BCUT2D eigenvalue weighted by molar-refractivity contribution is 7.84. The largest absolute Gasteiger partial charge is 0.326 e. The van der Waals surface area contributed by atoms with Gasteiger partial charge in [-0.1, -0.05) is 6.92 Å². The predicted octanol–water partition coefficient (Wildman–Crippen LogP) is 2.50. The quantitative estimate of drug-likeness (QED) is 0.793. The van der Waals surface area contributed by atoms with Crippen LogP contribution >= 0.6 is 11.6 Å². The molecular weight excluding hydrogens is 270 g/mol. The van der Waals surface area contributed by atoms with E-state index in [9.17, 15) is 4.21 Å². The molecule has 2 atom stereocenters. The number of nitrogens with zero attached hydrogens (tertiary/aromatic N) is 3. The molecule has 2 unspecified atom stereocenters. The predicted molar refractivity (Wildman–Crippen MR) is 75.3 cm³/mol. The molecule has 0 bridgehead atoms. The average molecular weight is 286 g/mol. The minimum Gasteiger partial charge on any atom is -0.326 e. The highest BCUT2D eigenvalue weighted by Crippen LogP contribution is 2.23. The van der Waals surface area contributed by atoms with E-state index < -0.39 is 10.8 Å². The van der Waals surface area contributed by atoms with Crippen molar-refractivity contribution in [3.8, 4) is 0 Å². The summed E-state index contributed by atoms with van der Waals surface area (Å²) in [6, 6.07) is 1.92. The lowest BCUT2D eigenvalue weighted by Crippen LogP contribution is -2.12. The van der Waals surface area contributed by atoms with Crippen LogP contribution in [-0.2, 0) is 17.3 Å². The third-order valence-corrected chi connectivity index (χ3v) is 4.28. The van der Waals surface area contributed by atoms with Crippen LogP contribution in [0.2, 0.25) is 0 Å². The molecule has 98 valence electrons. The Morgan fingerprint density at radius 1 is 1.56 bits per heavy atom. The number of pyridine rings is 1. The minimum atomic E-state index is -0.783. The normalized spacial score (nSPS) is 14.8. The van der Waals surface area contributed by atoms with E-state index in [1.807, 2.05) is 24.5 Å². The number of halogens is 1. The maximum absolute atomic E-state index is 11.6. The fourth-order valence-corrected chi connectivity index (χ4v) is 2.72. The lowest BCUT2D eigenvalue weighted by atomic mass is 10.4. The Labute approximate surface area is 114 Å². The van der Waals surface area contributed by atoms with E-state index >= 15 is 0 Å². The lowest BCUT2D eigenvalue weighted by Gasteiger charge is -2.09. The smallest absolute Gasteiger partial charge is 0.127 e. The number of hydrogen-bond acceptors (Lipinski definition) is 3. The summed E-state index contributed by atoms with van der Waals surface area (Å²) in [7, 11) is -0.783.